The molecule has 0 aliphatic rings. The minimum Gasteiger partial charge on any atom is -0.495 e. The van der Waals surface area contributed by atoms with Gasteiger partial charge in [0.15, 0.2) is 5.13 Å². The molecule has 0 aliphatic heterocycles. The van der Waals surface area contributed by atoms with Gasteiger partial charge in [0.2, 0.25) is 5.78 Å². The molecular formula is C18H16ClN3O2S. The average molecular weight is 374 g/mol. The molecule has 0 saturated carbocycles. The van der Waals surface area contributed by atoms with Crippen molar-refractivity contribution in [3.63, 3.8) is 0 Å². The van der Waals surface area contributed by atoms with Crippen LogP contribution in [0.15, 0.2) is 42.5 Å². The van der Waals surface area contributed by atoms with Crippen LogP contribution in [-0.4, -0.2) is 17.9 Å². The first-order valence-electron chi connectivity index (χ1n) is 7.46. The number of rotatable bonds is 5. The Morgan fingerprint density at radius 2 is 1.96 bits per heavy atom. The number of hydrogen-bond donors (Lipinski definition) is 2. The summed E-state index contributed by atoms with van der Waals surface area (Å²) >= 11 is 7.32. The van der Waals surface area contributed by atoms with E-state index in [1.165, 1.54) is 11.3 Å². The number of nitrogen functional groups attached to an aromatic ring is 1. The number of nitrogens with one attached hydrogen (secondary N) is 1. The van der Waals surface area contributed by atoms with Crippen LogP contribution in [0.3, 0.4) is 0 Å². The number of ether oxygens (including phenoxy) is 1. The van der Waals surface area contributed by atoms with E-state index in [-0.39, 0.29) is 11.6 Å². The predicted octanol–water partition coefficient (Wildman–Crippen LogP) is 4.67. The normalized spacial score (nSPS) is 10.5. The second-order valence-corrected chi connectivity index (χ2v) is 6.81. The Hall–Kier alpha value is -2.57. The lowest BCUT2D eigenvalue weighted by Crippen LogP contribution is -2.02. The quantitative estimate of drug-likeness (QED) is 0.635. The Balaban J connectivity index is 1.83. The summed E-state index contributed by atoms with van der Waals surface area (Å²) in [5, 5.41) is 4.11. The third-order valence-electron chi connectivity index (χ3n) is 3.58. The third-order valence-corrected chi connectivity index (χ3v) is 4.86. The Kier molecular flexibility index (Phi) is 4.92. The van der Waals surface area contributed by atoms with Crippen molar-refractivity contribution in [2.75, 3.05) is 18.2 Å². The molecule has 3 N–H and O–H groups in total. The summed E-state index contributed by atoms with van der Waals surface area (Å²) in [6.07, 6.45) is 0. The lowest BCUT2D eigenvalue weighted by Gasteiger charge is -2.06. The zero-order valence-corrected chi connectivity index (χ0v) is 15.2. The molecule has 0 amide bonds. The van der Waals surface area contributed by atoms with Crippen LogP contribution in [-0.2, 0) is 0 Å². The third kappa shape index (κ3) is 3.75. The van der Waals surface area contributed by atoms with Gasteiger partial charge in [-0.2, -0.15) is 0 Å². The van der Waals surface area contributed by atoms with Gasteiger partial charge >= 0.3 is 0 Å². The second-order valence-electron chi connectivity index (χ2n) is 5.40. The van der Waals surface area contributed by atoms with Crippen LogP contribution >= 0.6 is 22.9 Å². The number of nitrogens with two attached hydrogens (primary N) is 1. The van der Waals surface area contributed by atoms with Gasteiger partial charge in [-0.05, 0) is 25.1 Å². The summed E-state index contributed by atoms with van der Waals surface area (Å²) in [5.41, 5.74) is 8.34. The fourth-order valence-electron chi connectivity index (χ4n) is 2.25. The summed E-state index contributed by atoms with van der Waals surface area (Å²) in [6, 6.07) is 12.6. The van der Waals surface area contributed by atoms with Gasteiger partial charge in [-0.3, -0.25) is 4.79 Å². The zero-order valence-electron chi connectivity index (χ0n) is 13.7. The lowest BCUT2D eigenvalue weighted by atomic mass is 10.1. The van der Waals surface area contributed by atoms with E-state index in [4.69, 9.17) is 22.1 Å². The summed E-state index contributed by atoms with van der Waals surface area (Å²) in [4.78, 5) is 17.2. The van der Waals surface area contributed by atoms with Crippen molar-refractivity contribution >= 4 is 45.4 Å². The number of methoxy groups -OCH3 is 1. The molecule has 1 aromatic heterocycles. The van der Waals surface area contributed by atoms with Crippen LogP contribution in [0.25, 0.3) is 0 Å². The fourth-order valence-corrected chi connectivity index (χ4v) is 3.38. The largest absolute Gasteiger partial charge is 0.495 e. The molecule has 0 fully saturated rings. The smallest absolute Gasteiger partial charge is 0.206 e. The lowest BCUT2D eigenvalue weighted by molar-refractivity contribution is 0.104. The number of halogens is 1. The van der Waals surface area contributed by atoms with E-state index < -0.39 is 0 Å². The van der Waals surface area contributed by atoms with E-state index in [9.17, 15) is 4.79 Å². The summed E-state index contributed by atoms with van der Waals surface area (Å²) in [6.45, 7) is 1.97. The molecule has 0 radical (unpaired) electrons. The Morgan fingerprint density at radius 1 is 1.24 bits per heavy atom. The Bertz CT molecular complexity index is 923. The highest BCUT2D eigenvalue weighted by molar-refractivity contribution is 7.18. The molecule has 0 spiro atoms. The first kappa shape index (κ1) is 17.3. The van der Waals surface area contributed by atoms with Gasteiger partial charge < -0.3 is 15.8 Å². The molecule has 3 rings (SSSR count). The number of anilines is 3. The van der Waals surface area contributed by atoms with E-state index in [0.717, 1.165) is 11.3 Å². The molecule has 0 aliphatic carbocycles. The molecule has 5 nitrogen and oxygen atoms in total. The number of carbonyl (C=O) groups excluding carboxylic acids is 1. The van der Waals surface area contributed by atoms with Crippen LogP contribution in [0, 0.1) is 6.92 Å². The summed E-state index contributed by atoms with van der Waals surface area (Å²) in [7, 11) is 1.55. The number of hydrogen-bond acceptors (Lipinski definition) is 6. The zero-order chi connectivity index (χ0) is 18.0. The number of carbonyl (C=O) groups is 1. The molecule has 1 heterocycles. The SMILES string of the molecule is COc1ccc(Nc2nc(N)c(C(=O)c3ccc(C)cc3)s2)cc1Cl. The highest BCUT2D eigenvalue weighted by Gasteiger charge is 2.18. The maximum absolute atomic E-state index is 12.6. The summed E-state index contributed by atoms with van der Waals surface area (Å²) < 4.78 is 5.12. The highest BCUT2D eigenvalue weighted by Crippen LogP contribution is 2.32. The molecule has 0 saturated heterocycles. The van der Waals surface area contributed by atoms with E-state index in [1.54, 1.807) is 31.4 Å². The minimum atomic E-state index is -0.143. The van der Waals surface area contributed by atoms with Crippen LogP contribution in [0.2, 0.25) is 5.02 Å². The Morgan fingerprint density at radius 3 is 2.60 bits per heavy atom. The van der Waals surface area contributed by atoms with Gasteiger partial charge in [0.25, 0.3) is 0 Å². The van der Waals surface area contributed by atoms with E-state index in [0.29, 0.717) is 26.3 Å². The van der Waals surface area contributed by atoms with Crippen LogP contribution < -0.4 is 15.8 Å². The monoisotopic (exact) mass is 373 g/mol. The molecule has 25 heavy (non-hydrogen) atoms. The topological polar surface area (TPSA) is 77.2 Å². The number of aryl methyl sites for hydroxylation is 1. The average Bonchev–Trinajstić information content (AvgIpc) is 2.95. The fraction of sp³-hybridized carbons (Fsp3) is 0.111. The van der Waals surface area contributed by atoms with Crippen molar-refractivity contribution in [2.24, 2.45) is 0 Å². The van der Waals surface area contributed by atoms with Gasteiger partial charge in [0, 0.05) is 11.3 Å². The van der Waals surface area contributed by atoms with Crippen molar-refractivity contribution in [2.45, 2.75) is 6.92 Å². The van der Waals surface area contributed by atoms with Gasteiger partial charge in [-0.25, -0.2) is 4.98 Å². The molecule has 0 atom stereocenters. The van der Waals surface area contributed by atoms with Crippen molar-refractivity contribution in [3.8, 4) is 5.75 Å². The highest BCUT2D eigenvalue weighted by atomic mass is 35.5. The number of ketones is 1. The molecule has 7 heteroatoms. The molecule has 0 unspecified atom stereocenters. The van der Waals surface area contributed by atoms with Crippen molar-refractivity contribution in [3.05, 3.63) is 63.5 Å². The van der Waals surface area contributed by atoms with Crippen LogP contribution in [0.4, 0.5) is 16.6 Å². The van der Waals surface area contributed by atoms with Crippen LogP contribution in [0.1, 0.15) is 20.8 Å². The van der Waals surface area contributed by atoms with E-state index in [2.05, 4.69) is 10.3 Å². The first-order chi connectivity index (χ1) is 12.0. The number of nitrogens with zero attached hydrogens (tertiary/aromatic N) is 1. The van der Waals surface area contributed by atoms with Crippen LogP contribution in [0.5, 0.6) is 5.75 Å². The number of aromatic nitrogens is 1. The maximum atomic E-state index is 12.6. The Labute approximate surface area is 154 Å². The van der Waals surface area contributed by atoms with Crippen molar-refractivity contribution in [1.29, 1.82) is 0 Å². The maximum Gasteiger partial charge on any atom is 0.206 e. The second kappa shape index (κ2) is 7.13. The number of thiazole rings is 1. The first-order valence-corrected chi connectivity index (χ1v) is 8.65. The van der Waals surface area contributed by atoms with Crippen molar-refractivity contribution in [1.82, 2.24) is 4.98 Å². The molecule has 0 bridgehead atoms. The molecular weight excluding hydrogens is 358 g/mol. The van der Waals surface area contributed by atoms with Gasteiger partial charge in [0.05, 0.1) is 12.1 Å². The molecule has 128 valence electrons. The van der Waals surface area contributed by atoms with Gasteiger partial charge in [-0.1, -0.05) is 52.8 Å². The molecule has 3 aromatic rings. The number of benzene rings is 2. The minimum absolute atomic E-state index is 0.143. The van der Waals surface area contributed by atoms with Gasteiger partial charge in [0.1, 0.15) is 16.4 Å². The van der Waals surface area contributed by atoms with E-state index >= 15 is 0 Å². The van der Waals surface area contributed by atoms with Crippen molar-refractivity contribution < 1.29 is 9.53 Å². The standard InChI is InChI=1S/C18H16ClN3O2S/c1-10-3-5-11(6-4-10)15(23)16-17(20)22-18(25-16)21-12-7-8-14(24-2)13(19)9-12/h3-9H,20H2,1-2H3,(H,21,22). The van der Waals surface area contributed by atoms with Gasteiger partial charge in [-0.15, -0.1) is 0 Å². The summed E-state index contributed by atoms with van der Waals surface area (Å²) in [5.74, 6) is 0.648. The predicted molar refractivity (Wildman–Crippen MR) is 102 cm³/mol. The molecule has 2 aromatic carbocycles. The van der Waals surface area contributed by atoms with E-state index in [1.807, 2.05) is 25.1 Å².